The summed E-state index contributed by atoms with van der Waals surface area (Å²) in [6, 6.07) is 0. The summed E-state index contributed by atoms with van der Waals surface area (Å²) in [4.78, 5) is 10.1. The molecule has 1 aliphatic heterocycles. The lowest BCUT2D eigenvalue weighted by atomic mass is 9.91. The Labute approximate surface area is 171 Å². The molecule has 2 unspecified atom stereocenters. The van der Waals surface area contributed by atoms with Gasteiger partial charge >= 0.3 is 6.18 Å². The summed E-state index contributed by atoms with van der Waals surface area (Å²) in [5, 5.41) is 22.1. The van der Waals surface area contributed by atoms with Crippen molar-refractivity contribution in [2.24, 2.45) is 5.92 Å². The van der Waals surface area contributed by atoms with E-state index in [2.05, 4.69) is 0 Å². The molecule has 0 fully saturated rings. The third kappa shape index (κ3) is 5.15. The number of halogens is 3. The molecule has 0 aromatic carbocycles. The maximum atomic E-state index is 13.4. The second kappa shape index (κ2) is 8.31. The minimum atomic E-state index is -5.01. The first-order valence-corrected chi connectivity index (χ1v) is 11.9. The van der Waals surface area contributed by atoms with E-state index in [0.29, 0.717) is 10.4 Å². The number of sulfonamides is 1. The van der Waals surface area contributed by atoms with Gasteiger partial charge in [0, 0.05) is 17.4 Å². The Bertz CT molecular complexity index is 876. The van der Waals surface area contributed by atoms with Gasteiger partial charge in [-0.2, -0.15) is 24.9 Å². The van der Waals surface area contributed by atoms with Crippen molar-refractivity contribution in [3.63, 3.8) is 0 Å². The molecule has 1 heterocycles. The SMILES string of the molecule is CCCCSCC(C)(O)C1=CC2CC([N+](=O)[O-])=C(C(F)(F)F)C=C2N1S(C)(=O)=O. The van der Waals surface area contributed by atoms with E-state index in [1.165, 1.54) is 24.8 Å². The monoisotopic (exact) mass is 456 g/mol. The van der Waals surface area contributed by atoms with Crippen LogP contribution in [0.4, 0.5) is 13.2 Å². The van der Waals surface area contributed by atoms with Gasteiger partial charge in [-0.15, -0.1) is 0 Å². The number of hydrogen-bond acceptors (Lipinski definition) is 6. The van der Waals surface area contributed by atoms with Crippen LogP contribution in [0.5, 0.6) is 0 Å². The van der Waals surface area contributed by atoms with Crippen LogP contribution in [-0.4, -0.2) is 52.3 Å². The molecule has 0 spiro atoms. The second-order valence-electron chi connectivity index (χ2n) is 7.25. The van der Waals surface area contributed by atoms with Crippen LogP contribution in [0, 0.1) is 16.0 Å². The summed E-state index contributed by atoms with van der Waals surface area (Å²) in [6.45, 7) is 3.39. The summed E-state index contributed by atoms with van der Waals surface area (Å²) >= 11 is 1.40. The Kier molecular flexibility index (Phi) is 6.80. The number of unbranched alkanes of at least 4 members (excludes halogenated alkanes) is 1. The van der Waals surface area contributed by atoms with E-state index in [0.717, 1.165) is 24.9 Å². The van der Waals surface area contributed by atoms with Crippen molar-refractivity contribution in [3.8, 4) is 0 Å². The maximum absolute atomic E-state index is 13.4. The van der Waals surface area contributed by atoms with E-state index in [9.17, 15) is 36.8 Å². The molecule has 0 saturated heterocycles. The Balaban J connectivity index is 2.50. The zero-order chi connectivity index (χ0) is 22.2. The zero-order valence-corrected chi connectivity index (χ0v) is 17.8. The minimum absolute atomic E-state index is 0.0774. The van der Waals surface area contributed by atoms with Gasteiger partial charge in [0.1, 0.15) is 11.2 Å². The molecule has 12 heteroatoms. The highest BCUT2D eigenvalue weighted by atomic mass is 32.2. The van der Waals surface area contributed by atoms with Crippen LogP contribution in [0.1, 0.15) is 33.1 Å². The fourth-order valence-electron chi connectivity index (χ4n) is 3.29. The van der Waals surface area contributed by atoms with Crippen LogP contribution >= 0.6 is 11.8 Å². The highest BCUT2D eigenvalue weighted by Gasteiger charge is 2.50. The lowest BCUT2D eigenvalue weighted by Gasteiger charge is -2.33. The average molecular weight is 457 g/mol. The van der Waals surface area contributed by atoms with Gasteiger partial charge in [0.15, 0.2) is 0 Å². The van der Waals surface area contributed by atoms with Crippen molar-refractivity contribution in [1.82, 2.24) is 4.31 Å². The van der Waals surface area contributed by atoms with E-state index in [1.807, 2.05) is 6.92 Å². The molecule has 0 aromatic rings. The van der Waals surface area contributed by atoms with Gasteiger partial charge in [0.2, 0.25) is 10.0 Å². The second-order valence-corrected chi connectivity index (χ2v) is 10.2. The molecule has 0 bridgehead atoms. The largest absolute Gasteiger partial charge is 0.422 e. The quantitative estimate of drug-likeness (QED) is 0.341. The number of alkyl halides is 3. The average Bonchev–Trinajstić information content (AvgIpc) is 2.96. The van der Waals surface area contributed by atoms with Crippen LogP contribution in [0.2, 0.25) is 0 Å². The summed E-state index contributed by atoms with van der Waals surface area (Å²) in [6.07, 6.45) is -1.12. The fraction of sp³-hybridized carbons (Fsp3) is 0.647. The van der Waals surface area contributed by atoms with E-state index < -0.39 is 50.3 Å². The topological polar surface area (TPSA) is 101 Å². The molecule has 2 atom stereocenters. The van der Waals surface area contributed by atoms with Crippen molar-refractivity contribution in [2.45, 2.75) is 44.9 Å². The Morgan fingerprint density at radius 2 is 2.03 bits per heavy atom. The van der Waals surface area contributed by atoms with Gasteiger partial charge in [-0.25, -0.2) is 12.7 Å². The van der Waals surface area contributed by atoms with E-state index in [-0.39, 0.29) is 17.1 Å². The predicted molar refractivity (Wildman–Crippen MR) is 104 cm³/mol. The highest BCUT2D eigenvalue weighted by molar-refractivity contribution is 7.99. The van der Waals surface area contributed by atoms with E-state index in [1.54, 1.807) is 0 Å². The van der Waals surface area contributed by atoms with Crippen molar-refractivity contribution in [3.05, 3.63) is 44.9 Å². The van der Waals surface area contributed by atoms with Crippen LogP contribution in [0.3, 0.4) is 0 Å². The molecule has 7 nitrogen and oxygen atoms in total. The minimum Gasteiger partial charge on any atom is -0.383 e. The number of fused-ring (bicyclic) bond motifs is 1. The smallest absolute Gasteiger partial charge is 0.383 e. The Morgan fingerprint density at radius 1 is 1.41 bits per heavy atom. The van der Waals surface area contributed by atoms with Gasteiger partial charge < -0.3 is 5.11 Å². The maximum Gasteiger partial charge on any atom is 0.422 e. The molecule has 2 rings (SSSR count). The molecule has 1 aliphatic carbocycles. The van der Waals surface area contributed by atoms with Crippen molar-refractivity contribution in [1.29, 1.82) is 0 Å². The molecule has 0 aromatic heterocycles. The van der Waals surface area contributed by atoms with Gasteiger partial charge in [-0.1, -0.05) is 19.4 Å². The number of thioether (sulfide) groups is 1. The van der Waals surface area contributed by atoms with E-state index >= 15 is 0 Å². The van der Waals surface area contributed by atoms with Crippen LogP contribution < -0.4 is 0 Å². The molecule has 2 aliphatic rings. The first-order valence-electron chi connectivity index (χ1n) is 8.89. The van der Waals surface area contributed by atoms with Crippen molar-refractivity contribution < 1.29 is 31.6 Å². The lowest BCUT2D eigenvalue weighted by Crippen LogP contribution is -2.40. The third-order valence-corrected chi connectivity index (χ3v) is 7.06. The number of allylic oxidation sites excluding steroid dienone is 4. The van der Waals surface area contributed by atoms with Gasteiger partial charge in [-0.05, 0) is 25.2 Å². The van der Waals surface area contributed by atoms with Crippen molar-refractivity contribution in [2.75, 3.05) is 17.8 Å². The summed E-state index contributed by atoms with van der Waals surface area (Å²) in [5.41, 5.74) is -4.46. The van der Waals surface area contributed by atoms with E-state index in [4.69, 9.17) is 0 Å². The normalized spacial score (nSPS) is 22.2. The first-order chi connectivity index (χ1) is 13.2. The van der Waals surface area contributed by atoms with Crippen LogP contribution in [0.15, 0.2) is 34.8 Å². The number of aliphatic hydroxyl groups is 1. The zero-order valence-electron chi connectivity index (χ0n) is 16.2. The molecule has 164 valence electrons. The molecule has 1 N–H and O–H groups in total. The van der Waals surface area contributed by atoms with Gasteiger partial charge in [0.25, 0.3) is 5.70 Å². The molecular weight excluding hydrogens is 433 g/mol. The summed E-state index contributed by atoms with van der Waals surface area (Å²) in [5.74, 6) is -0.0822. The Morgan fingerprint density at radius 3 is 2.52 bits per heavy atom. The van der Waals surface area contributed by atoms with Gasteiger partial charge in [0.05, 0.1) is 23.3 Å². The number of nitrogens with zero attached hydrogens (tertiary/aromatic N) is 2. The Hall–Kier alpha value is -1.53. The standard InChI is InChI=1S/C17H23F3N2O5S2/c1-4-5-6-28-10-16(2,23)15-8-11-7-14(22(24)25)12(17(18,19)20)9-13(11)21(15)29(3,26)27/h8-9,11,23H,4-7,10H2,1-3H3. The molecule has 0 radical (unpaired) electrons. The molecular formula is C17H23F3N2O5S2. The third-order valence-electron chi connectivity index (χ3n) is 4.64. The highest BCUT2D eigenvalue weighted by Crippen LogP contribution is 2.47. The lowest BCUT2D eigenvalue weighted by molar-refractivity contribution is -0.431. The van der Waals surface area contributed by atoms with Gasteiger partial charge in [-0.3, -0.25) is 10.1 Å². The number of nitro groups is 1. The molecule has 29 heavy (non-hydrogen) atoms. The predicted octanol–water partition coefficient (Wildman–Crippen LogP) is 3.43. The summed E-state index contributed by atoms with van der Waals surface area (Å²) < 4.78 is 65.5. The fourth-order valence-corrected chi connectivity index (χ4v) is 5.66. The van der Waals surface area contributed by atoms with Crippen LogP contribution in [-0.2, 0) is 10.0 Å². The molecule has 0 amide bonds. The number of rotatable bonds is 8. The summed E-state index contributed by atoms with van der Waals surface area (Å²) in [7, 11) is -4.08. The van der Waals surface area contributed by atoms with Crippen molar-refractivity contribution >= 4 is 21.8 Å². The molecule has 0 saturated carbocycles. The first kappa shape index (κ1) is 23.7. The number of hydrogen-bond donors (Lipinski definition) is 1. The van der Waals surface area contributed by atoms with Crippen LogP contribution in [0.25, 0.3) is 0 Å².